The minimum Gasteiger partial charge on any atom is -0.493 e. The summed E-state index contributed by atoms with van der Waals surface area (Å²) in [5.41, 5.74) is 6.80. The largest absolute Gasteiger partial charge is 0.493 e. The minimum absolute atomic E-state index is 0.236. The molecule has 1 aliphatic heterocycles. The predicted molar refractivity (Wildman–Crippen MR) is 81.4 cm³/mol. The highest BCUT2D eigenvalue weighted by atomic mass is 16.5. The Kier molecular flexibility index (Phi) is 4.55. The molecule has 2 N–H and O–H groups in total. The van der Waals surface area contributed by atoms with E-state index in [1.807, 2.05) is 32.0 Å². The van der Waals surface area contributed by atoms with E-state index in [1.165, 1.54) is 6.42 Å². The van der Waals surface area contributed by atoms with E-state index in [9.17, 15) is 0 Å². The second-order valence-electron chi connectivity index (χ2n) is 6.23. The maximum Gasteiger partial charge on any atom is 0.161 e. The summed E-state index contributed by atoms with van der Waals surface area (Å²) in [6, 6.07) is 5.96. The van der Waals surface area contributed by atoms with Crippen LogP contribution in [0.5, 0.6) is 11.5 Å². The number of ether oxygens (including phenoxy) is 2. The summed E-state index contributed by atoms with van der Waals surface area (Å²) < 4.78 is 11.6. The zero-order chi connectivity index (χ0) is 14.8. The fourth-order valence-electron chi connectivity index (χ4n) is 2.56. The van der Waals surface area contributed by atoms with Crippen molar-refractivity contribution in [2.24, 2.45) is 5.73 Å². The van der Waals surface area contributed by atoms with Gasteiger partial charge in [-0.2, -0.15) is 0 Å². The highest BCUT2D eigenvalue weighted by Gasteiger charge is 2.21. The van der Waals surface area contributed by atoms with Gasteiger partial charge in [-0.1, -0.05) is 6.07 Å². The lowest BCUT2D eigenvalue weighted by molar-refractivity contribution is 0.101. The number of hydrogen-bond donors (Lipinski definition) is 1. The van der Waals surface area contributed by atoms with E-state index in [-0.39, 0.29) is 11.6 Å². The zero-order valence-electron chi connectivity index (χ0n) is 13.0. The molecule has 0 saturated carbocycles. The zero-order valence-corrected chi connectivity index (χ0v) is 13.0. The highest BCUT2D eigenvalue weighted by Crippen LogP contribution is 2.33. The first-order chi connectivity index (χ1) is 9.40. The van der Waals surface area contributed by atoms with Crippen LogP contribution in [0.2, 0.25) is 0 Å². The van der Waals surface area contributed by atoms with Crippen LogP contribution >= 0.6 is 0 Å². The quantitative estimate of drug-likeness (QED) is 0.918. The van der Waals surface area contributed by atoms with Gasteiger partial charge in [-0.3, -0.25) is 0 Å². The van der Waals surface area contributed by atoms with Gasteiger partial charge in [0.25, 0.3) is 0 Å². The third-order valence-electron chi connectivity index (χ3n) is 3.78. The van der Waals surface area contributed by atoms with E-state index in [1.54, 1.807) is 7.11 Å². The van der Waals surface area contributed by atoms with Crippen LogP contribution in [-0.2, 0) is 5.54 Å². The van der Waals surface area contributed by atoms with E-state index >= 15 is 0 Å². The molecule has 1 aromatic rings. The molecule has 1 unspecified atom stereocenters. The van der Waals surface area contributed by atoms with Crippen molar-refractivity contribution < 1.29 is 9.47 Å². The van der Waals surface area contributed by atoms with Crippen molar-refractivity contribution in [1.29, 1.82) is 0 Å². The maximum atomic E-state index is 6.13. The van der Waals surface area contributed by atoms with Crippen LogP contribution < -0.4 is 15.2 Å². The van der Waals surface area contributed by atoms with E-state index in [2.05, 4.69) is 11.9 Å². The summed E-state index contributed by atoms with van der Waals surface area (Å²) in [5, 5.41) is 0. The van der Waals surface area contributed by atoms with Gasteiger partial charge < -0.3 is 20.1 Å². The lowest BCUT2D eigenvalue weighted by Crippen LogP contribution is -2.38. The standard InChI is InChI=1S/C16H26N2O2/c1-16(2,17)12-7-8-14(15(10-12)19-4)20-13-6-5-9-18(3)11-13/h7-8,10,13H,5-6,9,11,17H2,1-4H3. The van der Waals surface area contributed by atoms with Crippen LogP contribution in [0.3, 0.4) is 0 Å². The Labute approximate surface area is 121 Å². The molecule has 20 heavy (non-hydrogen) atoms. The Morgan fingerprint density at radius 1 is 1.30 bits per heavy atom. The molecule has 0 aromatic heterocycles. The summed E-state index contributed by atoms with van der Waals surface area (Å²) in [6.45, 7) is 6.08. The Morgan fingerprint density at radius 2 is 2.05 bits per heavy atom. The lowest BCUT2D eigenvalue weighted by Gasteiger charge is -2.30. The van der Waals surface area contributed by atoms with Crippen LogP contribution in [0.4, 0.5) is 0 Å². The molecular weight excluding hydrogens is 252 g/mol. The number of nitrogens with two attached hydrogens (primary N) is 1. The Hall–Kier alpha value is -1.26. The van der Waals surface area contributed by atoms with Crippen molar-refractivity contribution in [2.45, 2.75) is 38.3 Å². The first kappa shape index (κ1) is 15.1. The molecule has 0 spiro atoms. The number of likely N-dealkylation sites (tertiary alicyclic amines) is 1. The van der Waals surface area contributed by atoms with Gasteiger partial charge in [0.2, 0.25) is 0 Å². The second-order valence-corrected chi connectivity index (χ2v) is 6.23. The van der Waals surface area contributed by atoms with Crippen LogP contribution in [0.25, 0.3) is 0 Å². The fraction of sp³-hybridized carbons (Fsp3) is 0.625. The third kappa shape index (κ3) is 3.64. The molecule has 2 rings (SSSR count). The SMILES string of the molecule is COc1cc(C(C)(C)N)ccc1OC1CCCN(C)C1. The molecule has 4 nitrogen and oxygen atoms in total. The lowest BCUT2D eigenvalue weighted by atomic mass is 9.95. The molecular formula is C16H26N2O2. The Balaban J connectivity index is 2.15. The summed E-state index contributed by atoms with van der Waals surface area (Å²) in [7, 11) is 3.80. The number of rotatable bonds is 4. The number of methoxy groups -OCH3 is 1. The molecule has 0 amide bonds. The molecule has 1 saturated heterocycles. The molecule has 1 atom stereocenters. The smallest absolute Gasteiger partial charge is 0.161 e. The molecule has 1 fully saturated rings. The van der Waals surface area contributed by atoms with Gasteiger partial charge in [0, 0.05) is 12.1 Å². The van der Waals surface area contributed by atoms with Crippen molar-refractivity contribution >= 4 is 0 Å². The minimum atomic E-state index is -0.378. The molecule has 4 heteroatoms. The van der Waals surface area contributed by atoms with E-state index in [0.717, 1.165) is 36.6 Å². The summed E-state index contributed by atoms with van der Waals surface area (Å²) >= 11 is 0. The topological polar surface area (TPSA) is 47.7 Å². The van der Waals surface area contributed by atoms with Crippen LogP contribution in [-0.4, -0.2) is 38.3 Å². The van der Waals surface area contributed by atoms with Gasteiger partial charge in [0.1, 0.15) is 6.10 Å². The molecule has 1 heterocycles. The van der Waals surface area contributed by atoms with E-state index < -0.39 is 0 Å². The maximum absolute atomic E-state index is 6.13. The second kappa shape index (κ2) is 6.02. The molecule has 0 bridgehead atoms. The van der Waals surface area contributed by atoms with Crippen molar-refractivity contribution in [2.75, 3.05) is 27.2 Å². The third-order valence-corrected chi connectivity index (χ3v) is 3.78. The average Bonchev–Trinajstić information content (AvgIpc) is 2.38. The summed E-state index contributed by atoms with van der Waals surface area (Å²) in [4.78, 5) is 2.30. The number of likely N-dealkylation sites (N-methyl/N-ethyl adjacent to an activating group) is 1. The monoisotopic (exact) mass is 278 g/mol. The van der Waals surface area contributed by atoms with E-state index in [4.69, 9.17) is 15.2 Å². The van der Waals surface area contributed by atoms with E-state index in [0.29, 0.717) is 0 Å². The van der Waals surface area contributed by atoms with Gasteiger partial charge >= 0.3 is 0 Å². The van der Waals surface area contributed by atoms with Crippen molar-refractivity contribution in [1.82, 2.24) is 4.90 Å². The Morgan fingerprint density at radius 3 is 2.65 bits per heavy atom. The van der Waals surface area contributed by atoms with Gasteiger partial charge in [0.15, 0.2) is 11.5 Å². The van der Waals surface area contributed by atoms with Crippen molar-refractivity contribution in [3.63, 3.8) is 0 Å². The summed E-state index contributed by atoms with van der Waals surface area (Å²) in [5.74, 6) is 1.56. The van der Waals surface area contributed by atoms with Crippen LogP contribution in [0.1, 0.15) is 32.3 Å². The first-order valence-corrected chi connectivity index (χ1v) is 7.23. The summed E-state index contributed by atoms with van der Waals surface area (Å²) in [6.07, 6.45) is 2.51. The number of benzene rings is 1. The number of nitrogens with zero attached hydrogens (tertiary/aromatic N) is 1. The van der Waals surface area contributed by atoms with Crippen LogP contribution in [0, 0.1) is 0 Å². The van der Waals surface area contributed by atoms with Gasteiger partial charge in [0.05, 0.1) is 7.11 Å². The first-order valence-electron chi connectivity index (χ1n) is 7.23. The molecule has 0 radical (unpaired) electrons. The number of hydrogen-bond acceptors (Lipinski definition) is 4. The van der Waals surface area contributed by atoms with Crippen LogP contribution in [0.15, 0.2) is 18.2 Å². The normalized spacial score (nSPS) is 20.8. The predicted octanol–water partition coefficient (Wildman–Crippen LogP) is 2.36. The fourth-order valence-corrected chi connectivity index (χ4v) is 2.56. The molecule has 1 aliphatic rings. The van der Waals surface area contributed by atoms with Gasteiger partial charge in [-0.15, -0.1) is 0 Å². The molecule has 0 aliphatic carbocycles. The van der Waals surface area contributed by atoms with Crippen molar-refractivity contribution in [3.05, 3.63) is 23.8 Å². The molecule has 1 aromatic carbocycles. The number of piperidine rings is 1. The van der Waals surface area contributed by atoms with Gasteiger partial charge in [-0.25, -0.2) is 0 Å². The van der Waals surface area contributed by atoms with Crippen molar-refractivity contribution in [3.8, 4) is 11.5 Å². The van der Waals surface area contributed by atoms with Gasteiger partial charge in [-0.05, 0) is 58.0 Å². The Bertz CT molecular complexity index is 454. The molecule has 112 valence electrons. The highest BCUT2D eigenvalue weighted by molar-refractivity contribution is 5.44. The average molecular weight is 278 g/mol.